The minimum Gasteiger partial charge on any atom is -0.464 e. The van der Waals surface area contributed by atoms with Crippen LogP contribution in [-0.4, -0.2) is 34.8 Å². The largest absolute Gasteiger partial charge is 0.464 e. The van der Waals surface area contributed by atoms with Gasteiger partial charge in [0.25, 0.3) is 0 Å². The van der Waals surface area contributed by atoms with Crippen molar-refractivity contribution in [2.24, 2.45) is 5.92 Å². The van der Waals surface area contributed by atoms with Crippen LogP contribution in [0.15, 0.2) is 71.1 Å². The summed E-state index contributed by atoms with van der Waals surface area (Å²) in [5, 5.41) is 2.96. The van der Waals surface area contributed by atoms with Crippen LogP contribution in [0.1, 0.15) is 36.5 Å². The van der Waals surface area contributed by atoms with Crippen LogP contribution in [0.5, 0.6) is 0 Å². The Morgan fingerprint density at radius 2 is 1.58 bits per heavy atom. The average Bonchev–Trinajstić information content (AvgIpc) is 3.19. The number of nitrogens with one attached hydrogen (secondary N) is 1. The van der Waals surface area contributed by atoms with Crippen molar-refractivity contribution in [2.45, 2.75) is 40.8 Å². The molecule has 0 saturated carbocycles. The van der Waals surface area contributed by atoms with Gasteiger partial charge in [-0.1, -0.05) is 62.4 Å². The molecule has 3 aromatic rings. The normalized spacial score (nSPS) is 10.8. The number of urea groups is 1. The Bertz CT molecular complexity index is 1060. The number of aryl methyl sites for hydroxylation is 2. The van der Waals surface area contributed by atoms with Crippen molar-refractivity contribution in [3.8, 4) is 0 Å². The van der Waals surface area contributed by atoms with Crippen molar-refractivity contribution in [2.75, 3.05) is 18.4 Å². The van der Waals surface area contributed by atoms with E-state index in [1.54, 1.807) is 9.80 Å². The quantitative estimate of drug-likeness (QED) is 0.463. The van der Waals surface area contributed by atoms with E-state index >= 15 is 0 Å². The van der Waals surface area contributed by atoms with E-state index in [2.05, 4.69) is 5.32 Å². The standard InChI is InChI=1S/C27H33N3O3/c1-20(2)16-30(27(32)28-25-13-9-8-10-21(25)3)19-26(31)29(17-23-11-6-5-7-12-23)18-24-15-14-22(4)33-24/h5-15,20H,16-19H2,1-4H3,(H,28,32). The Morgan fingerprint density at radius 1 is 0.879 bits per heavy atom. The van der Waals surface area contributed by atoms with Gasteiger partial charge in [-0.05, 0) is 49.1 Å². The van der Waals surface area contributed by atoms with Crippen molar-refractivity contribution < 1.29 is 14.0 Å². The fraction of sp³-hybridized carbons (Fsp3) is 0.333. The molecule has 0 radical (unpaired) electrons. The summed E-state index contributed by atoms with van der Waals surface area (Å²) >= 11 is 0. The predicted octanol–water partition coefficient (Wildman–Crippen LogP) is 5.62. The molecule has 0 unspecified atom stereocenters. The molecule has 174 valence electrons. The highest BCUT2D eigenvalue weighted by atomic mass is 16.3. The lowest BCUT2D eigenvalue weighted by Crippen LogP contribution is -2.45. The lowest BCUT2D eigenvalue weighted by Gasteiger charge is -2.28. The zero-order valence-electron chi connectivity index (χ0n) is 19.9. The summed E-state index contributed by atoms with van der Waals surface area (Å²) in [4.78, 5) is 29.9. The van der Waals surface area contributed by atoms with Crippen LogP contribution in [0.25, 0.3) is 0 Å². The molecular formula is C27H33N3O3. The van der Waals surface area contributed by atoms with Crippen LogP contribution in [-0.2, 0) is 17.9 Å². The number of para-hydroxylation sites is 1. The molecule has 3 amide bonds. The molecule has 1 heterocycles. The number of anilines is 1. The van der Waals surface area contributed by atoms with Gasteiger partial charge >= 0.3 is 6.03 Å². The number of amides is 3. The first-order valence-corrected chi connectivity index (χ1v) is 11.3. The van der Waals surface area contributed by atoms with Crippen LogP contribution < -0.4 is 5.32 Å². The first-order chi connectivity index (χ1) is 15.8. The van der Waals surface area contributed by atoms with Crippen LogP contribution in [0, 0.1) is 19.8 Å². The van der Waals surface area contributed by atoms with E-state index in [1.165, 1.54) is 0 Å². The number of rotatable bonds is 9. The number of hydrogen-bond donors (Lipinski definition) is 1. The van der Waals surface area contributed by atoms with Gasteiger partial charge < -0.3 is 19.5 Å². The van der Waals surface area contributed by atoms with Crippen molar-refractivity contribution in [1.82, 2.24) is 9.80 Å². The summed E-state index contributed by atoms with van der Waals surface area (Å²) in [6.45, 7) is 9.14. The van der Waals surface area contributed by atoms with Crippen LogP contribution in [0.2, 0.25) is 0 Å². The minimum atomic E-state index is -0.278. The number of carbonyl (C=O) groups excluding carboxylic acids is 2. The van der Waals surface area contributed by atoms with E-state index in [1.807, 2.05) is 94.4 Å². The van der Waals surface area contributed by atoms with Crippen molar-refractivity contribution in [3.05, 3.63) is 89.4 Å². The summed E-state index contributed by atoms with van der Waals surface area (Å²) in [6.07, 6.45) is 0. The smallest absolute Gasteiger partial charge is 0.322 e. The Hall–Kier alpha value is -3.54. The summed E-state index contributed by atoms with van der Waals surface area (Å²) in [5.74, 6) is 1.61. The molecular weight excluding hydrogens is 414 g/mol. The Labute approximate surface area is 196 Å². The highest BCUT2D eigenvalue weighted by Crippen LogP contribution is 2.16. The maximum Gasteiger partial charge on any atom is 0.322 e. The van der Waals surface area contributed by atoms with E-state index in [4.69, 9.17) is 4.42 Å². The Morgan fingerprint density at radius 3 is 2.21 bits per heavy atom. The molecule has 1 N–H and O–H groups in total. The molecule has 0 fully saturated rings. The highest BCUT2D eigenvalue weighted by molar-refractivity contribution is 5.93. The number of benzene rings is 2. The highest BCUT2D eigenvalue weighted by Gasteiger charge is 2.23. The zero-order valence-corrected chi connectivity index (χ0v) is 19.9. The minimum absolute atomic E-state index is 0.0115. The summed E-state index contributed by atoms with van der Waals surface area (Å²) < 4.78 is 5.72. The molecule has 0 spiro atoms. The first kappa shape index (κ1) is 24.1. The maximum atomic E-state index is 13.4. The topological polar surface area (TPSA) is 65.8 Å². The molecule has 1 aromatic heterocycles. The summed E-state index contributed by atoms with van der Waals surface area (Å²) in [7, 11) is 0. The number of nitrogens with zero attached hydrogens (tertiary/aromatic N) is 2. The third kappa shape index (κ3) is 7.24. The zero-order chi connectivity index (χ0) is 23.8. The second-order valence-corrected chi connectivity index (χ2v) is 8.77. The molecule has 6 nitrogen and oxygen atoms in total. The number of furan rings is 1. The Balaban J connectivity index is 1.77. The van der Waals surface area contributed by atoms with Gasteiger partial charge in [-0.2, -0.15) is 0 Å². The monoisotopic (exact) mass is 447 g/mol. The summed E-state index contributed by atoms with van der Waals surface area (Å²) in [5.41, 5.74) is 2.74. The fourth-order valence-electron chi connectivity index (χ4n) is 3.62. The van der Waals surface area contributed by atoms with E-state index in [-0.39, 0.29) is 24.4 Å². The molecule has 0 saturated heterocycles. The van der Waals surface area contributed by atoms with Gasteiger partial charge in [-0.25, -0.2) is 4.79 Å². The second kappa shape index (κ2) is 11.4. The van der Waals surface area contributed by atoms with Gasteiger partial charge in [0.05, 0.1) is 6.54 Å². The maximum absolute atomic E-state index is 13.4. The van der Waals surface area contributed by atoms with Gasteiger partial charge in [-0.3, -0.25) is 4.79 Å². The molecule has 33 heavy (non-hydrogen) atoms. The van der Waals surface area contributed by atoms with Crippen LogP contribution in [0.3, 0.4) is 0 Å². The predicted molar refractivity (Wildman–Crippen MR) is 131 cm³/mol. The van der Waals surface area contributed by atoms with Crippen molar-refractivity contribution in [3.63, 3.8) is 0 Å². The van der Waals surface area contributed by atoms with Gasteiger partial charge in [0, 0.05) is 18.8 Å². The van der Waals surface area contributed by atoms with Gasteiger partial charge in [0.2, 0.25) is 5.91 Å². The molecule has 3 rings (SSSR count). The van der Waals surface area contributed by atoms with Gasteiger partial charge in [0.15, 0.2) is 0 Å². The molecule has 6 heteroatoms. The van der Waals surface area contributed by atoms with E-state index in [0.717, 1.165) is 28.3 Å². The Kier molecular flexibility index (Phi) is 8.30. The fourth-order valence-corrected chi connectivity index (χ4v) is 3.62. The summed E-state index contributed by atoms with van der Waals surface area (Å²) in [6, 6.07) is 21.0. The third-order valence-corrected chi connectivity index (χ3v) is 5.30. The molecule has 2 aromatic carbocycles. The molecule has 0 aliphatic rings. The van der Waals surface area contributed by atoms with Crippen molar-refractivity contribution >= 4 is 17.6 Å². The average molecular weight is 448 g/mol. The first-order valence-electron chi connectivity index (χ1n) is 11.3. The SMILES string of the molecule is Cc1ccc(CN(Cc2ccccc2)C(=O)CN(CC(C)C)C(=O)Nc2ccccc2C)o1. The van der Waals surface area contributed by atoms with Crippen LogP contribution >= 0.6 is 0 Å². The number of hydrogen-bond acceptors (Lipinski definition) is 3. The second-order valence-electron chi connectivity index (χ2n) is 8.77. The molecule has 0 bridgehead atoms. The molecule has 0 aliphatic carbocycles. The van der Waals surface area contributed by atoms with E-state index in [0.29, 0.717) is 19.6 Å². The molecule has 0 aliphatic heterocycles. The van der Waals surface area contributed by atoms with E-state index in [9.17, 15) is 9.59 Å². The lowest BCUT2D eigenvalue weighted by atomic mass is 10.2. The molecule has 0 atom stereocenters. The lowest BCUT2D eigenvalue weighted by molar-refractivity contribution is -0.133. The van der Waals surface area contributed by atoms with Crippen molar-refractivity contribution in [1.29, 1.82) is 0 Å². The third-order valence-electron chi connectivity index (χ3n) is 5.30. The van der Waals surface area contributed by atoms with Gasteiger partial charge in [0.1, 0.15) is 18.1 Å². The van der Waals surface area contributed by atoms with Crippen LogP contribution in [0.4, 0.5) is 10.5 Å². The van der Waals surface area contributed by atoms with E-state index < -0.39 is 0 Å². The van der Waals surface area contributed by atoms with Gasteiger partial charge in [-0.15, -0.1) is 0 Å². The number of carbonyl (C=O) groups is 2.